The molecule has 0 aliphatic rings. The third kappa shape index (κ3) is 15.5. The second kappa shape index (κ2) is 27.6. The number of aromatic carboxylic acids is 1. The Kier molecular flexibility index (Phi) is 19.3. The number of carbonyl (C=O) groups excluding carboxylic acids is 3. The van der Waals surface area contributed by atoms with Gasteiger partial charge < -0.3 is 58.5 Å². The first-order valence-corrected chi connectivity index (χ1v) is 26.8. The second-order valence-electron chi connectivity index (χ2n) is 20.1. The van der Waals surface area contributed by atoms with Crippen molar-refractivity contribution in [2.24, 2.45) is 0 Å². The molecular formula is C64H51Cl2F2N11O10. The summed E-state index contributed by atoms with van der Waals surface area (Å²) in [5.74, 6) is -2.07. The smallest absolute Gasteiger partial charge is 0.412 e. The quantitative estimate of drug-likeness (QED) is 0.0623. The van der Waals surface area contributed by atoms with Gasteiger partial charge in [-0.05, 0) is 129 Å². The van der Waals surface area contributed by atoms with E-state index in [-0.39, 0.29) is 35.5 Å². The van der Waals surface area contributed by atoms with E-state index in [0.717, 1.165) is 77.3 Å². The molecule has 12 aromatic heterocycles. The van der Waals surface area contributed by atoms with Gasteiger partial charge in [0.15, 0.2) is 0 Å². The number of amides is 2. The summed E-state index contributed by atoms with van der Waals surface area (Å²) in [6, 6.07) is 25.1. The lowest BCUT2D eigenvalue weighted by Crippen LogP contribution is -2.27. The van der Waals surface area contributed by atoms with Crippen LogP contribution in [0.25, 0.3) is 88.6 Å². The molecule has 2 amide bonds. The maximum Gasteiger partial charge on any atom is 0.412 e. The Morgan fingerprint density at radius 2 is 0.888 bits per heavy atom. The highest BCUT2D eigenvalue weighted by atomic mass is 35.5. The van der Waals surface area contributed by atoms with Gasteiger partial charge >= 0.3 is 12.1 Å². The molecule has 14 aromatic rings. The SMILES string of the molecule is CC(C)(C)OC(=O)Nc1cnc2[nH]cc(-c3ccoc3)c2c1.Cl.Nc1cnc2[nH]cc(-c3ccoc3)c2c1.O=C(Cl)c1ccc(F)cc1.O=C(Nc1cnc2[nH]cc(-c3ccoc3)c2c1)c1ccc(F)cc1.O=C(O)c1cnc2[nH]cc(-c3ccoc3)c2c1. The number of hydrogen-bond acceptors (Lipinski definition) is 14. The molecule has 2 aromatic carbocycles. The van der Waals surface area contributed by atoms with Crippen molar-refractivity contribution >= 4 is 108 Å². The number of fused-ring (bicyclic) bond motifs is 4. The van der Waals surface area contributed by atoms with Crippen LogP contribution in [0.1, 0.15) is 51.8 Å². The summed E-state index contributed by atoms with van der Waals surface area (Å²) in [6.45, 7) is 5.45. The number of nitrogens with zero attached hydrogens (tertiary/aromatic N) is 4. The van der Waals surface area contributed by atoms with Gasteiger partial charge in [-0.3, -0.25) is 14.9 Å². The van der Waals surface area contributed by atoms with Crippen LogP contribution in [-0.4, -0.2) is 73.8 Å². The monoisotopic (exact) mass is 1240 g/mol. The van der Waals surface area contributed by atoms with E-state index >= 15 is 0 Å². The Hall–Kier alpha value is -11.6. The number of halogens is 4. The first kappa shape index (κ1) is 62.0. The molecule has 450 valence electrons. The van der Waals surface area contributed by atoms with Crippen molar-refractivity contribution in [2.75, 3.05) is 16.4 Å². The van der Waals surface area contributed by atoms with E-state index in [9.17, 15) is 28.0 Å². The van der Waals surface area contributed by atoms with Crippen LogP contribution in [0.5, 0.6) is 0 Å². The van der Waals surface area contributed by atoms with Gasteiger partial charge in [-0.15, -0.1) is 12.4 Å². The highest BCUT2D eigenvalue weighted by Gasteiger charge is 2.18. The maximum absolute atomic E-state index is 12.9. The molecule has 0 aliphatic heterocycles. The Bertz CT molecular complexity index is 4670. The van der Waals surface area contributed by atoms with Gasteiger partial charge in [-0.1, -0.05) is 0 Å². The number of furan rings is 4. The van der Waals surface area contributed by atoms with Gasteiger partial charge in [0.05, 0.1) is 91.3 Å². The fourth-order valence-corrected chi connectivity index (χ4v) is 8.84. The van der Waals surface area contributed by atoms with E-state index in [1.165, 1.54) is 54.7 Å². The van der Waals surface area contributed by atoms with Crippen molar-refractivity contribution in [1.29, 1.82) is 0 Å². The molecular weight excluding hydrogens is 1190 g/mol. The van der Waals surface area contributed by atoms with Crippen molar-refractivity contribution in [3.8, 4) is 44.5 Å². The van der Waals surface area contributed by atoms with Gasteiger partial charge in [0.1, 0.15) is 39.8 Å². The molecule has 12 heterocycles. The molecule has 21 nitrogen and oxygen atoms in total. The first-order valence-electron chi connectivity index (χ1n) is 26.4. The van der Waals surface area contributed by atoms with Gasteiger partial charge in [-0.25, -0.2) is 38.3 Å². The molecule has 89 heavy (non-hydrogen) atoms. The molecule has 0 saturated carbocycles. The summed E-state index contributed by atoms with van der Waals surface area (Å²) in [7, 11) is 0. The molecule has 9 N–H and O–H groups in total. The van der Waals surface area contributed by atoms with Crippen molar-refractivity contribution in [3.05, 3.63) is 225 Å². The van der Waals surface area contributed by atoms with Gasteiger partial charge in [0.25, 0.3) is 11.1 Å². The average Bonchev–Trinajstić information content (AvgIpc) is 3.12. The van der Waals surface area contributed by atoms with Crippen LogP contribution in [0.2, 0.25) is 0 Å². The number of pyridine rings is 4. The molecule has 0 bridgehead atoms. The largest absolute Gasteiger partial charge is 0.478 e. The van der Waals surface area contributed by atoms with E-state index < -0.39 is 22.9 Å². The Morgan fingerprint density at radius 1 is 0.517 bits per heavy atom. The molecule has 0 fully saturated rings. The fourth-order valence-electron chi connectivity index (χ4n) is 8.72. The summed E-state index contributed by atoms with van der Waals surface area (Å²) < 4.78 is 50.7. The van der Waals surface area contributed by atoms with E-state index in [0.29, 0.717) is 39.5 Å². The minimum atomic E-state index is -0.987. The molecule has 0 spiro atoms. The molecule has 0 atom stereocenters. The highest BCUT2D eigenvalue weighted by molar-refractivity contribution is 6.67. The second-order valence-corrected chi connectivity index (χ2v) is 20.4. The van der Waals surface area contributed by atoms with Crippen LogP contribution in [0.15, 0.2) is 214 Å². The number of carbonyl (C=O) groups is 4. The summed E-state index contributed by atoms with van der Waals surface area (Å²) in [5.41, 5.74) is 18.4. The van der Waals surface area contributed by atoms with E-state index in [4.69, 9.17) is 44.8 Å². The molecule has 0 aliphatic carbocycles. The lowest BCUT2D eigenvalue weighted by molar-refractivity contribution is 0.0633. The Balaban J connectivity index is 0.000000135. The number of carboxylic acid groups (broad SMARTS) is 1. The third-order valence-corrected chi connectivity index (χ3v) is 13.0. The number of anilines is 3. The maximum atomic E-state index is 12.9. The number of hydrogen-bond donors (Lipinski definition) is 8. The van der Waals surface area contributed by atoms with Crippen LogP contribution < -0.4 is 16.4 Å². The van der Waals surface area contributed by atoms with Crippen molar-refractivity contribution in [2.45, 2.75) is 26.4 Å². The number of H-pyrrole nitrogens is 4. The zero-order chi connectivity index (χ0) is 61.9. The first-order chi connectivity index (χ1) is 42.4. The molecule has 0 unspecified atom stereocenters. The van der Waals surface area contributed by atoms with Crippen molar-refractivity contribution in [1.82, 2.24) is 39.9 Å². The van der Waals surface area contributed by atoms with Crippen LogP contribution >= 0.6 is 24.0 Å². The topological polar surface area (TPSA) is 315 Å². The predicted octanol–water partition coefficient (Wildman–Crippen LogP) is 15.9. The third-order valence-electron chi connectivity index (χ3n) is 12.8. The standard InChI is InChI=1S/C18H12FN3O2.C16H17N3O3.C12H8N2O3.C11H9N3O.C7H4ClFO.ClH/c19-13-3-1-11(2-4-13)18(23)22-14-7-15-16(12-5-6-24-10-12)9-21-17(15)20-8-14;1-16(2,3)22-15(20)19-11-6-12-13(10-4-5-21-9-10)8-18-14(12)17-7-11;15-12(16)8-3-9-10(7-1-2-17-6-7)5-14-11(9)13-4-8;12-8-3-9-10(7-1-2-15-6-7)5-14-11(9)13-4-8;8-7(10)5-1-3-6(9)4-2-5;/h1-10H,(H,20,21)(H,22,23);4-9H,1-3H3,(H,17,18)(H,19,20);1-6H,(H,13,14)(H,15,16);1-6H,12H2,(H,13,14);1-4H;1H. The number of aromatic nitrogens is 8. The minimum absolute atomic E-state index is 0. The van der Waals surface area contributed by atoms with Gasteiger partial charge in [0, 0.05) is 108 Å². The highest BCUT2D eigenvalue weighted by Crippen LogP contribution is 2.33. The zero-order valence-corrected chi connectivity index (χ0v) is 48.6. The number of aromatic amines is 4. The van der Waals surface area contributed by atoms with Gasteiger partial charge in [0.2, 0.25) is 0 Å². The number of nitrogens with one attached hydrogen (secondary N) is 6. The Morgan fingerprint density at radius 3 is 1.27 bits per heavy atom. The summed E-state index contributed by atoms with van der Waals surface area (Å²) in [6.07, 6.45) is 26.1. The zero-order valence-electron chi connectivity index (χ0n) is 47.0. The van der Waals surface area contributed by atoms with Crippen LogP contribution in [-0.2, 0) is 4.74 Å². The molecule has 0 radical (unpaired) electrons. The number of rotatable bonds is 9. The number of nitrogen functional groups attached to an aromatic ring is 1. The normalized spacial score (nSPS) is 10.8. The molecule has 0 saturated heterocycles. The minimum Gasteiger partial charge on any atom is -0.478 e. The summed E-state index contributed by atoms with van der Waals surface area (Å²) in [5, 5.41) is 17.4. The van der Waals surface area contributed by atoms with Crippen LogP contribution in [0, 0.1) is 11.6 Å². The Labute approximate surface area is 513 Å². The summed E-state index contributed by atoms with van der Waals surface area (Å²) in [4.78, 5) is 74.5. The lowest BCUT2D eigenvalue weighted by Gasteiger charge is -2.19. The van der Waals surface area contributed by atoms with E-state index in [2.05, 4.69) is 50.5 Å². The van der Waals surface area contributed by atoms with Gasteiger partial charge in [-0.2, -0.15) is 0 Å². The number of ether oxygens (including phenoxy) is 1. The molecule has 25 heteroatoms. The van der Waals surface area contributed by atoms with E-state index in [1.54, 1.807) is 81.0 Å². The summed E-state index contributed by atoms with van der Waals surface area (Å²) >= 11 is 5.09. The van der Waals surface area contributed by atoms with Crippen molar-refractivity contribution in [3.63, 3.8) is 0 Å². The number of carboxylic acids is 1. The fraction of sp³-hybridized carbons (Fsp3) is 0.0625. The van der Waals surface area contributed by atoms with Crippen LogP contribution in [0.4, 0.5) is 30.6 Å². The average molecular weight is 1240 g/mol. The van der Waals surface area contributed by atoms with Crippen LogP contribution in [0.3, 0.4) is 0 Å². The van der Waals surface area contributed by atoms with Crippen molar-refractivity contribution < 1.29 is 55.5 Å². The van der Waals surface area contributed by atoms with E-state index in [1.807, 2.05) is 81.8 Å². The number of nitrogens with two attached hydrogens (primary N) is 1. The predicted molar refractivity (Wildman–Crippen MR) is 335 cm³/mol. The molecule has 14 rings (SSSR count). The lowest BCUT2D eigenvalue weighted by atomic mass is 10.1. The number of benzene rings is 2.